The lowest BCUT2D eigenvalue weighted by atomic mass is 9.98. The Bertz CT molecular complexity index is 396. The van der Waals surface area contributed by atoms with E-state index in [0.717, 1.165) is 0 Å². The number of amides is 1. The van der Waals surface area contributed by atoms with Crippen molar-refractivity contribution in [3.8, 4) is 0 Å². The van der Waals surface area contributed by atoms with Gasteiger partial charge in [-0.1, -0.05) is 5.11 Å². The van der Waals surface area contributed by atoms with Gasteiger partial charge in [0.25, 0.3) is 0 Å². The van der Waals surface area contributed by atoms with Crippen molar-refractivity contribution in [1.29, 1.82) is 0 Å². The van der Waals surface area contributed by atoms with Crippen LogP contribution in [0.25, 0.3) is 10.4 Å². The largest absolute Gasteiger partial charge is 0.458 e. The van der Waals surface area contributed by atoms with E-state index >= 15 is 0 Å². The Balaban J connectivity index is 2.91. The summed E-state index contributed by atoms with van der Waals surface area (Å²) in [6, 6.07) is -0.464. The van der Waals surface area contributed by atoms with Crippen LogP contribution in [0.4, 0.5) is 0 Å². The average molecular weight is 286 g/mol. The Kier molecular flexibility index (Phi) is 6.23. The van der Waals surface area contributed by atoms with Crippen molar-refractivity contribution >= 4 is 11.9 Å². The molecule has 0 aromatic heterocycles. The molecule has 0 aromatic carbocycles. The molecule has 0 radical (unpaired) electrons. The molecular formula is C11H18N4O5. The molecule has 1 aliphatic rings. The molecule has 1 aliphatic heterocycles. The van der Waals surface area contributed by atoms with E-state index in [4.69, 9.17) is 19.7 Å². The number of nitrogens with one attached hydrogen (secondary N) is 1. The zero-order chi connectivity index (χ0) is 15.1. The Morgan fingerprint density at radius 2 is 2.20 bits per heavy atom. The van der Waals surface area contributed by atoms with Crippen LogP contribution in [0.15, 0.2) is 5.11 Å². The molecule has 4 atom stereocenters. The maximum Gasteiger partial charge on any atom is 0.303 e. The summed E-state index contributed by atoms with van der Waals surface area (Å²) in [5.41, 5.74) is 8.39. The van der Waals surface area contributed by atoms with Crippen LogP contribution in [0.5, 0.6) is 0 Å². The fourth-order valence-electron chi connectivity index (χ4n) is 2.10. The molecule has 0 aliphatic carbocycles. The van der Waals surface area contributed by atoms with E-state index in [1.165, 1.54) is 21.0 Å². The van der Waals surface area contributed by atoms with Crippen molar-refractivity contribution in [3.05, 3.63) is 10.4 Å². The van der Waals surface area contributed by atoms with Crippen molar-refractivity contribution in [2.75, 3.05) is 13.7 Å². The van der Waals surface area contributed by atoms with Crippen molar-refractivity contribution in [1.82, 2.24) is 5.32 Å². The lowest BCUT2D eigenvalue weighted by Gasteiger charge is -2.40. The van der Waals surface area contributed by atoms with E-state index in [2.05, 4.69) is 15.3 Å². The van der Waals surface area contributed by atoms with Gasteiger partial charge < -0.3 is 19.5 Å². The van der Waals surface area contributed by atoms with Crippen LogP contribution in [-0.4, -0.2) is 50.1 Å². The highest BCUT2D eigenvalue weighted by Gasteiger charge is 2.41. The van der Waals surface area contributed by atoms with Gasteiger partial charge in [-0.05, 0) is 5.53 Å². The lowest BCUT2D eigenvalue weighted by Crippen LogP contribution is -2.58. The van der Waals surface area contributed by atoms with Gasteiger partial charge in [-0.15, -0.1) is 0 Å². The molecule has 1 N–H and O–H groups in total. The number of azide groups is 1. The second kappa shape index (κ2) is 7.68. The zero-order valence-electron chi connectivity index (χ0n) is 11.6. The van der Waals surface area contributed by atoms with Crippen molar-refractivity contribution in [2.45, 2.75) is 44.8 Å². The van der Waals surface area contributed by atoms with E-state index in [9.17, 15) is 9.59 Å². The molecule has 112 valence electrons. The highest BCUT2D eigenvalue weighted by Crippen LogP contribution is 2.24. The number of methoxy groups -OCH3 is 1. The monoisotopic (exact) mass is 286 g/mol. The van der Waals surface area contributed by atoms with Crippen LogP contribution in [-0.2, 0) is 23.8 Å². The molecule has 0 unspecified atom stereocenters. The molecule has 0 aromatic rings. The predicted molar refractivity (Wildman–Crippen MR) is 67.5 cm³/mol. The van der Waals surface area contributed by atoms with Gasteiger partial charge in [-0.3, -0.25) is 9.59 Å². The third-order valence-corrected chi connectivity index (χ3v) is 2.81. The van der Waals surface area contributed by atoms with E-state index in [-0.39, 0.29) is 12.5 Å². The van der Waals surface area contributed by atoms with Gasteiger partial charge in [0.2, 0.25) is 5.91 Å². The van der Waals surface area contributed by atoms with Gasteiger partial charge in [0, 0.05) is 32.3 Å². The maximum atomic E-state index is 11.2. The maximum absolute atomic E-state index is 11.2. The number of hydrogen-bond donors (Lipinski definition) is 1. The standard InChI is InChI=1S/C11H18N4O5/c1-6(16)14-8-4-10(18-3)20-9(5-13-15-12)11(8)19-7(2)17/h8-11H,4-5H2,1-3H3,(H,14,16)/t8-,9+,10-,11+/m0/s1. The zero-order valence-corrected chi connectivity index (χ0v) is 11.6. The second-order valence-electron chi connectivity index (χ2n) is 4.37. The van der Waals surface area contributed by atoms with Crippen molar-refractivity contribution < 1.29 is 23.8 Å². The first-order valence-electron chi connectivity index (χ1n) is 6.11. The minimum absolute atomic E-state index is 0.0234. The summed E-state index contributed by atoms with van der Waals surface area (Å²) in [6.07, 6.45) is -1.64. The average Bonchev–Trinajstić information content (AvgIpc) is 2.37. The van der Waals surface area contributed by atoms with Crippen molar-refractivity contribution in [2.24, 2.45) is 5.11 Å². The van der Waals surface area contributed by atoms with Gasteiger partial charge in [-0.25, -0.2) is 0 Å². The third kappa shape index (κ3) is 4.69. The highest BCUT2D eigenvalue weighted by molar-refractivity contribution is 5.73. The van der Waals surface area contributed by atoms with Gasteiger partial charge in [0.1, 0.15) is 12.2 Å². The molecule has 0 bridgehead atoms. The topological polar surface area (TPSA) is 123 Å². The van der Waals surface area contributed by atoms with Crippen LogP contribution in [0.3, 0.4) is 0 Å². The quantitative estimate of drug-likeness (QED) is 0.341. The summed E-state index contributed by atoms with van der Waals surface area (Å²) in [5, 5.41) is 6.13. The molecule has 1 heterocycles. The second-order valence-corrected chi connectivity index (χ2v) is 4.37. The summed E-state index contributed by atoms with van der Waals surface area (Å²) in [5.74, 6) is -0.762. The van der Waals surface area contributed by atoms with Gasteiger partial charge in [-0.2, -0.15) is 0 Å². The van der Waals surface area contributed by atoms with E-state index in [1.54, 1.807) is 0 Å². The number of ether oxygens (including phenoxy) is 3. The van der Waals surface area contributed by atoms with Gasteiger partial charge in [0.15, 0.2) is 6.29 Å². The lowest BCUT2D eigenvalue weighted by molar-refractivity contribution is -0.225. The Hall–Kier alpha value is -1.83. The number of carbonyl (C=O) groups excluding carboxylic acids is 2. The molecule has 9 heteroatoms. The summed E-state index contributed by atoms with van der Waals surface area (Å²) in [4.78, 5) is 25.1. The molecule has 1 rings (SSSR count). The number of rotatable bonds is 5. The Morgan fingerprint density at radius 3 is 2.70 bits per heavy atom. The summed E-state index contributed by atoms with van der Waals surface area (Å²) < 4.78 is 15.9. The third-order valence-electron chi connectivity index (χ3n) is 2.81. The minimum atomic E-state index is -0.728. The fourth-order valence-corrected chi connectivity index (χ4v) is 2.10. The summed E-state index contributed by atoms with van der Waals surface area (Å²) in [6.45, 7) is 2.60. The number of carbonyl (C=O) groups is 2. The fraction of sp³-hybridized carbons (Fsp3) is 0.818. The molecule has 1 saturated heterocycles. The first-order chi connectivity index (χ1) is 9.47. The van der Waals surface area contributed by atoms with Crippen LogP contribution >= 0.6 is 0 Å². The molecular weight excluding hydrogens is 268 g/mol. The SMILES string of the molecule is CO[C@@H]1C[C@H](NC(C)=O)[C@@H](OC(C)=O)[C@@H](CN=[N+]=[N-])O1. The summed E-state index contributed by atoms with van der Waals surface area (Å²) in [7, 11) is 1.46. The molecule has 0 spiro atoms. The van der Waals surface area contributed by atoms with E-state index in [1.807, 2.05) is 0 Å². The summed E-state index contributed by atoms with van der Waals surface area (Å²) >= 11 is 0. The Labute approximate surface area is 116 Å². The molecule has 20 heavy (non-hydrogen) atoms. The van der Waals surface area contributed by atoms with Crippen LogP contribution in [0.1, 0.15) is 20.3 Å². The van der Waals surface area contributed by atoms with Crippen LogP contribution < -0.4 is 5.32 Å². The van der Waals surface area contributed by atoms with E-state index in [0.29, 0.717) is 6.42 Å². The number of hydrogen-bond acceptors (Lipinski definition) is 6. The molecule has 0 saturated carbocycles. The smallest absolute Gasteiger partial charge is 0.303 e. The molecule has 9 nitrogen and oxygen atoms in total. The minimum Gasteiger partial charge on any atom is -0.458 e. The molecule has 1 fully saturated rings. The Morgan fingerprint density at radius 1 is 1.50 bits per heavy atom. The first-order valence-corrected chi connectivity index (χ1v) is 6.11. The number of esters is 1. The van der Waals surface area contributed by atoms with E-state index < -0.39 is 30.5 Å². The van der Waals surface area contributed by atoms with Crippen LogP contribution in [0, 0.1) is 0 Å². The molecule has 1 amide bonds. The first kappa shape index (κ1) is 16.2. The normalized spacial score (nSPS) is 29.1. The van der Waals surface area contributed by atoms with Crippen molar-refractivity contribution in [3.63, 3.8) is 0 Å². The van der Waals surface area contributed by atoms with Crippen LogP contribution in [0.2, 0.25) is 0 Å². The van der Waals surface area contributed by atoms with Gasteiger partial charge >= 0.3 is 5.97 Å². The highest BCUT2D eigenvalue weighted by atomic mass is 16.7. The van der Waals surface area contributed by atoms with Gasteiger partial charge in [0.05, 0.1) is 12.6 Å². The number of nitrogens with zero attached hydrogens (tertiary/aromatic N) is 3. The predicted octanol–water partition coefficient (Wildman–Crippen LogP) is 0.494.